The van der Waals surface area contributed by atoms with Crippen LogP contribution in [0.25, 0.3) is 11.0 Å². The van der Waals surface area contributed by atoms with Crippen molar-refractivity contribution in [2.75, 3.05) is 12.9 Å². The van der Waals surface area contributed by atoms with Crippen molar-refractivity contribution in [2.45, 2.75) is 43.5 Å². The zero-order valence-electron chi connectivity index (χ0n) is 17.0. The average Bonchev–Trinajstić information content (AvgIpc) is 3.09. The molecule has 0 amide bonds. The number of pyridine rings is 1. The zero-order valence-corrected chi connectivity index (χ0v) is 18.6. The van der Waals surface area contributed by atoms with Crippen LogP contribution >= 0.6 is 23.4 Å². The predicted octanol–water partition coefficient (Wildman–Crippen LogP) is 5.47. The number of aromatic nitrogens is 2. The molecule has 1 aromatic carbocycles. The third-order valence-electron chi connectivity index (χ3n) is 5.54. The number of carbonyl (C=O) groups is 2. The third-order valence-corrected chi connectivity index (χ3v) is 6.57. The van der Waals surface area contributed by atoms with Gasteiger partial charge in [0.2, 0.25) is 0 Å². The highest BCUT2D eigenvalue weighted by atomic mass is 35.5. The lowest BCUT2D eigenvalue weighted by atomic mass is 9.87. The summed E-state index contributed by atoms with van der Waals surface area (Å²) in [4.78, 5) is 31.6. The molecule has 0 N–H and O–H groups in total. The van der Waals surface area contributed by atoms with Crippen LogP contribution in [0.15, 0.2) is 41.4 Å². The van der Waals surface area contributed by atoms with Crippen LogP contribution in [0.4, 0.5) is 0 Å². The van der Waals surface area contributed by atoms with Gasteiger partial charge in [-0.1, -0.05) is 11.6 Å². The summed E-state index contributed by atoms with van der Waals surface area (Å²) < 4.78 is 7.34. The van der Waals surface area contributed by atoms with Gasteiger partial charge >= 0.3 is 5.97 Å². The number of halogens is 1. The summed E-state index contributed by atoms with van der Waals surface area (Å²) in [6, 6.07) is 8.89. The molecule has 1 unspecified atom stereocenters. The van der Waals surface area contributed by atoms with Gasteiger partial charge < -0.3 is 9.30 Å². The maximum Gasteiger partial charge on any atom is 0.306 e. The Labute approximate surface area is 184 Å². The number of esters is 1. The molecule has 0 radical (unpaired) electrons. The van der Waals surface area contributed by atoms with Gasteiger partial charge in [-0.15, -0.1) is 11.8 Å². The van der Waals surface area contributed by atoms with E-state index in [1.54, 1.807) is 49.1 Å². The average molecular weight is 443 g/mol. The molecule has 2 aromatic heterocycles. The van der Waals surface area contributed by atoms with E-state index in [1.165, 1.54) is 0 Å². The van der Waals surface area contributed by atoms with Crippen molar-refractivity contribution in [3.8, 4) is 0 Å². The minimum absolute atomic E-state index is 0.0653. The van der Waals surface area contributed by atoms with Crippen LogP contribution in [0.5, 0.6) is 0 Å². The van der Waals surface area contributed by atoms with Gasteiger partial charge in [0, 0.05) is 45.2 Å². The molecule has 1 aliphatic rings. The first kappa shape index (κ1) is 20.9. The van der Waals surface area contributed by atoms with Crippen LogP contribution in [0.2, 0.25) is 5.02 Å². The Morgan fingerprint density at radius 2 is 2.03 bits per heavy atom. The number of nitrogens with zero attached hydrogens (tertiary/aromatic N) is 2. The molecular weight excluding hydrogens is 420 g/mol. The summed E-state index contributed by atoms with van der Waals surface area (Å²) in [7, 11) is 0. The minimum atomic E-state index is -0.232. The number of ether oxygens (including phenoxy) is 1. The molecule has 30 heavy (non-hydrogen) atoms. The summed E-state index contributed by atoms with van der Waals surface area (Å²) in [6.07, 6.45) is 5.82. The minimum Gasteiger partial charge on any atom is -0.466 e. The quantitative estimate of drug-likeness (QED) is 0.287. The van der Waals surface area contributed by atoms with Gasteiger partial charge in [-0.25, -0.2) is 4.98 Å². The van der Waals surface area contributed by atoms with Crippen molar-refractivity contribution in [3.63, 3.8) is 0 Å². The molecule has 3 heterocycles. The Hall–Kier alpha value is -2.31. The lowest BCUT2D eigenvalue weighted by molar-refractivity contribution is -0.143. The number of benzene rings is 1. The van der Waals surface area contributed by atoms with Crippen LogP contribution < -0.4 is 0 Å². The van der Waals surface area contributed by atoms with Crippen molar-refractivity contribution < 1.29 is 14.3 Å². The van der Waals surface area contributed by atoms with Gasteiger partial charge in [-0.3, -0.25) is 9.59 Å². The van der Waals surface area contributed by atoms with Crippen LogP contribution in [0, 0.1) is 0 Å². The van der Waals surface area contributed by atoms with E-state index >= 15 is 0 Å². The molecule has 0 bridgehead atoms. The Bertz CT molecular complexity index is 1110. The van der Waals surface area contributed by atoms with E-state index in [1.807, 2.05) is 12.3 Å². The Morgan fingerprint density at radius 1 is 1.27 bits per heavy atom. The smallest absolute Gasteiger partial charge is 0.306 e. The molecular formula is C23H23ClN2O3S. The number of hydrogen-bond donors (Lipinski definition) is 0. The molecule has 1 atom stereocenters. The first-order chi connectivity index (χ1) is 14.5. The molecule has 0 saturated heterocycles. The van der Waals surface area contributed by atoms with E-state index < -0.39 is 0 Å². The SMILES string of the molecule is CCOC(=O)CC1CCCn2c1c(C(=O)c1ccc(Cl)cc1)c1c(SC)ccnc12. The maximum atomic E-state index is 13.7. The number of ketones is 1. The van der Waals surface area contributed by atoms with E-state index in [9.17, 15) is 9.59 Å². The number of rotatable bonds is 6. The van der Waals surface area contributed by atoms with Crippen LogP contribution in [0.3, 0.4) is 0 Å². The van der Waals surface area contributed by atoms with Crippen LogP contribution in [0.1, 0.15) is 53.7 Å². The van der Waals surface area contributed by atoms with Crippen LogP contribution in [-0.2, 0) is 16.1 Å². The Kier molecular flexibility index (Phi) is 6.16. The molecule has 0 aliphatic carbocycles. The topological polar surface area (TPSA) is 61.2 Å². The van der Waals surface area contributed by atoms with Crippen molar-refractivity contribution in [2.24, 2.45) is 0 Å². The number of aryl methyl sites for hydroxylation is 1. The number of hydrogen-bond acceptors (Lipinski definition) is 5. The zero-order chi connectivity index (χ0) is 21.3. The first-order valence-electron chi connectivity index (χ1n) is 10.1. The Balaban J connectivity index is 1.94. The van der Waals surface area contributed by atoms with E-state index in [0.29, 0.717) is 22.8 Å². The van der Waals surface area contributed by atoms with Crippen molar-refractivity contribution in [3.05, 3.63) is 58.4 Å². The summed E-state index contributed by atoms with van der Waals surface area (Å²) in [5.41, 5.74) is 2.94. The van der Waals surface area contributed by atoms with Crippen molar-refractivity contribution in [1.82, 2.24) is 9.55 Å². The fraction of sp³-hybridized carbons (Fsp3) is 0.348. The largest absolute Gasteiger partial charge is 0.466 e. The summed E-state index contributed by atoms with van der Waals surface area (Å²) in [5, 5.41) is 1.46. The lowest BCUT2D eigenvalue weighted by Gasteiger charge is -2.25. The standard InChI is InChI=1S/C23H23ClN2O3S/c1-3-29-18(27)13-15-5-4-12-26-21(15)20(19-17(30-2)10-11-25-23(19)26)22(28)14-6-8-16(24)9-7-14/h6-11,15H,3-5,12-13H2,1-2H3. The Morgan fingerprint density at radius 3 is 2.73 bits per heavy atom. The fourth-order valence-electron chi connectivity index (χ4n) is 4.30. The molecule has 156 valence electrons. The number of fused-ring (bicyclic) bond motifs is 3. The second kappa shape index (κ2) is 8.82. The molecule has 0 fully saturated rings. The van der Waals surface area contributed by atoms with E-state index in [2.05, 4.69) is 9.55 Å². The number of carbonyl (C=O) groups excluding carboxylic acids is 2. The molecule has 0 spiro atoms. The third kappa shape index (κ3) is 3.74. The van der Waals surface area contributed by atoms with Gasteiger partial charge in [-0.05, 0) is 56.4 Å². The highest BCUT2D eigenvalue weighted by molar-refractivity contribution is 7.98. The summed E-state index contributed by atoms with van der Waals surface area (Å²) >= 11 is 7.63. The van der Waals surface area contributed by atoms with Gasteiger partial charge in [0.15, 0.2) is 5.78 Å². The van der Waals surface area contributed by atoms with E-state index in [0.717, 1.165) is 41.0 Å². The lowest BCUT2D eigenvalue weighted by Crippen LogP contribution is -2.21. The van der Waals surface area contributed by atoms with E-state index in [-0.39, 0.29) is 24.1 Å². The van der Waals surface area contributed by atoms with E-state index in [4.69, 9.17) is 16.3 Å². The second-order valence-electron chi connectivity index (χ2n) is 7.31. The summed E-state index contributed by atoms with van der Waals surface area (Å²) in [5.74, 6) is -0.374. The van der Waals surface area contributed by atoms with Crippen molar-refractivity contribution >= 4 is 46.1 Å². The normalized spacial score (nSPS) is 15.8. The van der Waals surface area contributed by atoms with Gasteiger partial charge in [0.1, 0.15) is 5.65 Å². The molecule has 7 heteroatoms. The first-order valence-corrected chi connectivity index (χ1v) is 11.7. The maximum absolute atomic E-state index is 13.7. The molecule has 5 nitrogen and oxygen atoms in total. The fourth-order valence-corrected chi connectivity index (χ4v) is 5.02. The predicted molar refractivity (Wildman–Crippen MR) is 120 cm³/mol. The second-order valence-corrected chi connectivity index (χ2v) is 8.59. The molecule has 4 rings (SSSR count). The highest BCUT2D eigenvalue weighted by Crippen LogP contribution is 2.42. The van der Waals surface area contributed by atoms with Crippen molar-refractivity contribution in [1.29, 1.82) is 0 Å². The summed E-state index contributed by atoms with van der Waals surface area (Å²) in [6.45, 7) is 2.94. The molecule has 3 aromatic rings. The number of thioether (sulfide) groups is 1. The van der Waals surface area contributed by atoms with Gasteiger partial charge in [-0.2, -0.15) is 0 Å². The van der Waals surface area contributed by atoms with Crippen LogP contribution in [-0.4, -0.2) is 34.2 Å². The van der Waals surface area contributed by atoms with Gasteiger partial charge in [0.05, 0.1) is 18.6 Å². The molecule has 0 saturated carbocycles. The highest BCUT2D eigenvalue weighted by Gasteiger charge is 2.34. The van der Waals surface area contributed by atoms with Gasteiger partial charge in [0.25, 0.3) is 0 Å². The monoisotopic (exact) mass is 442 g/mol. The molecule has 1 aliphatic heterocycles.